The van der Waals surface area contributed by atoms with E-state index in [9.17, 15) is 8.42 Å². The van der Waals surface area contributed by atoms with Crippen LogP contribution in [0.5, 0.6) is 5.75 Å². The normalized spacial score (nSPS) is 12.2. The summed E-state index contributed by atoms with van der Waals surface area (Å²) in [5.74, 6) is 0.721. The molecule has 1 aromatic heterocycles. The summed E-state index contributed by atoms with van der Waals surface area (Å²) in [6.45, 7) is 2.48. The topological polar surface area (TPSA) is 68.9 Å². The van der Waals surface area contributed by atoms with E-state index in [1.165, 1.54) is 0 Å². The van der Waals surface area contributed by atoms with Crippen LogP contribution >= 0.6 is 0 Å². The van der Waals surface area contributed by atoms with Crippen molar-refractivity contribution in [2.45, 2.75) is 16.7 Å². The molecule has 29 heavy (non-hydrogen) atoms. The SMILES string of the molecule is CCOc1ccc(N=c2oc3ccccc3cc2S(=O)(=O)c2ccccc2)cc1. The number of sulfone groups is 1. The molecule has 4 aromatic rings. The third-order valence-electron chi connectivity index (χ3n) is 4.34. The molecule has 0 aliphatic carbocycles. The van der Waals surface area contributed by atoms with E-state index >= 15 is 0 Å². The van der Waals surface area contributed by atoms with Gasteiger partial charge in [0.15, 0.2) is 0 Å². The second-order valence-corrected chi connectivity index (χ2v) is 8.23. The molecule has 0 aliphatic heterocycles. The summed E-state index contributed by atoms with van der Waals surface area (Å²) in [4.78, 5) is 4.70. The van der Waals surface area contributed by atoms with Crippen LogP contribution in [-0.4, -0.2) is 15.0 Å². The summed E-state index contributed by atoms with van der Waals surface area (Å²) < 4.78 is 37.9. The van der Waals surface area contributed by atoms with E-state index in [-0.39, 0.29) is 15.3 Å². The lowest BCUT2D eigenvalue weighted by Crippen LogP contribution is -2.15. The quantitative estimate of drug-likeness (QED) is 0.474. The number of hydrogen-bond donors (Lipinski definition) is 0. The summed E-state index contributed by atoms with van der Waals surface area (Å²) in [5.41, 5.74) is 1.16. The monoisotopic (exact) mass is 405 g/mol. The molecule has 6 heteroatoms. The van der Waals surface area contributed by atoms with Gasteiger partial charge in [-0.2, -0.15) is 0 Å². The molecular weight excluding hydrogens is 386 g/mol. The molecule has 5 nitrogen and oxygen atoms in total. The lowest BCUT2D eigenvalue weighted by atomic mass is 10.2. The van der Waals surface area contributed by atoms with Crippen LogP contribution in [0.3, 0.4) is 0 Å². The van der Waals surface area contributed by atoms with Gasteiger partial charge in [-0.3, -0.25) is 0 Å². The molecule has 0 radical (unpaired) electrons. The zero-order chi connectivity index (χ0) is 20.3. The van der Waals surface area contributed by atoms with Crippen LogP contribution in [0.2, 0.25) is 0 Å². The van der Waals surface area contributed by atoms with Crippen LogP contribution in [0.4, 0.5) is 5.69 Å². The molecule has 0 saturated heterocycles. The first-order valence-electron chi connectivity index (χ1n) is 9.18. The molecule has 3 aromatic carbocycles. The minimum atomic E-state index is -3.81. The van der Waals surface area contributed by atoms with Crippen molar-refractivity contribution in [2.24, 2.45) is 4.99 Å². The van der Waals surface area contributed by atoms with Gasteiger partial charge in [-0.1, -0.05) is 36.4 Å². The Balaban J connectivity index is 1.94. The summed E-state index contributed by atoms with van der Waals surface area (Å²) >= 11 is 0. The van der Waals surface area contributed by atoms with Gasteiger partial charge in [0.2, 0.25) is 15.4 Å². The first kappa shape index (κ1) is 19.0. The van der Waals surface area contributed by atoms with E-state index in [1.54, 1.807) is 66.7 Å². The highest BCUT2D eigenvalue weighted by molar-refractivity contribution is 7.91. The predicted octanol–water partition coefficient (Wildman–Crippen LogP) is 4.90. The highest BCUT2D eigenvalue weighted by Gasteiger charge is 2.22. The van der Waals surface area contributed by atoms with E-state index in [1.807, 2.05) is 25.1 Å². The standard InChI is InChI=1S/C23H19NO4S/c1-2-27-19-14-12-18(13-15-19)24-23-22(16-17-8-6-7-11-21(17)28-23)29(25,26)20-9-4-3-5-10-20/h3-16H,2H2,1H3. The van der Waals surface area contributed by atoms with Gasteiger partial charge in [0, 0.05) is 5.39 Å². The third-order valence-corrected chi connectivity index (χ3v) is 6.11. The number of nitrogens with zero attached hydrogens (tertiary/aromatic N) is 1. The molecular formula is C23H19NO4S. The van der Waals surface area contributed by atoms with Crippen LogP contribution < -0.4 is 10.3 Å². The zero-order valence-electron chi connectivity index (χ0n) is 15.8. The van der Waals surface area contributed by atoms with Gasteiger partial charge in [-0.05, 0) is 55.5 Å². The summed E-state index contributed by atoms with van der Waals surface area (Å²) in [7, 11) is -3.81. The lowest BCUT2D eigenvalue weighted by Gasteiger charge is -2.07. The molecule has 0 atom stereocenters. The number of rotatable bonds is 5. The Morgan fingerprint density at radius 2 is 1.59 bits per heavy atom. The molecule has 4 rings (SSSR count). The number of para-hydroxylation sites is 1. The third kappa shape index (κ3) is 3.93. The van der Waals surface area contributed by atoms with Crippen molar-refractivity contribution in [1.29, 1.82) is 0 Å². The Morgan fingerprint density at radius 3 is 2.31 bits per heavy atom. The van der Waals surface area contributed by atoms with E-state index in [2.05, 4.69) is 4.99 Å². The summed E-state index contributed by atoms with van der Waals surface area (Å²) in [5, 5.41) is 0.688. The van der Waals surface area contributed by atoms with Gasteiger partial charge in [-0.15, -0.1) is 0 Å². The van der Waals surface area contributed by atoms with E-state index < -0.39 is 9.84 Å². The summed E-state index contributed by atoms with van der Waals surface area (Å²) in [6, 6.07) is 24.2. The molecule has 0 fully saturated rings. The molecule has 1 heterocycles. The number of fused-ring (bicyclic) bond motifs is 1. The van der Waals surface area contributed by atoms with Gasteiger partial charge in [-0.25, -0.2) is 13.4 Å². The highest BCUT2D eigenvalue weighted by Crippen LogP contribution is 2.23. The Kier molecular flexibility index (Phi) is 5.18. The Hall–Kier alpha value is -3.38. The minimum Gasteiger partial charge on any atom is -0.494 e. The van der Waals surface area contributed by atoms with Crippen molar-refractivity contribution in [3.8, 4) is 5.75 Å². The largest absolute Gasteiger partial charge is 0.494 e. The van der Waals surface area contributed by atoms with Crippen molar-refractivity contribution in [3.05, 3.63) is 90.5 Å². The second kappa shape index (κ2) is 7.93. The molecule has 146 valence electrons. The van der Waals surface area contributed by atoms with Crippen molar-refractivity contribution >= 4 is 26.5 Å². The minimum absolute atomic E-state index is 0.0243. The predicted molar refractivity (Wildman–Crippen MR) is 111 cm³/mol. The average molecular weight is 405 g/mol. The Labute approximate surface area is 168 Å². The van der Waals surface area contributed by atoms with Gasteiger partial charge in [0.25, 0.3) is 0 Å². The van der Waals surface area contributed by atoms with Crippen LogP contribution in [-0.2, 0) is 9.84 Å². The fourth-order valence-corrected chi connectivity index (χ4v) is 4.32. The highest BCUT2D eigenvalue weighted by atomic mass is 32.2. The van der Waals surface area contributed by atoms with E-state index in [0.717, 1.165) is 5.75 Å². The van der Waals surface area contributed by atoms with Crippen LogP contribution in [0.15, 0.2) is 104 Å². The second-order valence-electron chi connectivity index (χ2n) is 6.31. The number of benzene rings is 3. The Bertz CT molecular complexity index is 1310. The van der Waals surface area contributed by atoms with Crippen LogP contribution in [0.1, 0.15) is 6.92 Å². The van der Waals surface area contributed by atoms with Crippen molar-refractivity contribution in [2.75, 3.05) is 6.61 Å². The molecule has 0 spiro atoms. The zero-order valence-corrected chi connectivity index (χ0v) is 16.6. The fraction of sp³-hybridized carbons (Fsp3) is 0.0870. The van der Waals surface area contributed by atoms with Crippen LogP contribution in [0.25, 0.3) is 11.0 Å². The maximum atomic E-state index is 13.3. The van der Waals surface area contributed by atoms with Gasteiger partial charge in [0.1, 0.15) is 16.2 Å². The van der Waals surface area contributed by atoms with Gasteiger partial charge >= 0.3 is 0 Å². The van der Waals surface area contributed by atoms with Gasteiger partial charge in [0.05, 0.1) is 17.2 Å². The van der Waals surface area contributed by atoms with Crippen molar-refractivity contribution in [1.82, 2.24) is 0 Å². The smallest absolute Gasteiger partial charge is 0.239 e. The van der Waals surface area contributed by atoms with Crippen molar-refractivity contribution < 1.29 is 17.6 Å². The Morgan fingerprint density at radius 1 is 0.897 bits per heavy atom. The van der Waals surface area contributed by atoms with Crippen molar-refractivity contribution in [3.63, 3.8) is 0 Å². The lowest BCUT2D eigenvalue weighted by molar-refractivity contribution is 0.340. The van der Waals surface area contributed by atoms with E-state index in [4.69, 9.17) is 9.15 Å². The fourth-order valence-electron chi connectivity index (χ4n) is 2.95. The molecule has 0 aliphatic rings. The van der Waals surface area contributed by atoms with Gasteiger partial charge < -0.3 is 9.15 Å². The number of hydrogen-bond acceptors (Lipinski definition) is 5. The molecule has 0 N–H and O–H groups in total. The maximum Gasteiger partial charge on any atom is 0.239 e. The number of ether oxygens (including phenoxy) is 1. The van der Waals surface area contributed by atoms with Crippen LogP contribution in [0, 0.1) is 0 Å². The molecule has 0 saturated carbocycles. The average Bonchev–Trinajstić information content (AvgIpc) is 2.75. The summed E-state index contributed by atoms with van der Waals surface area (Å²) in [6.07, 6.45) is 0. The first-order valence-corrected chi connectivity index (χ1v) is 10.7. The first-order chi connectivity index (χ1) is 14.1. The maximum absolute atomic E-state index is 13.3. The molecule has 0 unspecified atom stereocenters. The van der Waals surface area contributed by atoms with E-state index in [0.29, 0.717) is 23.3 Å². The molecule has 0 amide bonds. The molecule has 0 bridgehead atoms.